The summed E-state index contributed by atoms with van der Waals surface area (Å²) in [6.45, 7) is 0. The highest BCUT2D eigenvalue weighted by molar-refractivity contribution is 5.91. The van der Waals surface area contributed by atoms with Gasteiger partial charge in [-0.05, 0) is 48.6 Å². The molecule has 4 rings (SSSR count). The summed E-state index contributed by atoms with van der Waals surface area (Å²) in [6.07, 6.45) is 4.11. The Morgan fingerprint density at radius 3 is 2.73 bits per heavy atom. The van der Waals surface area contributed by atoms with Crippen LogP contribution in [0.2, 0.25) is 0 Å². The van der Waals surface area contributed by atoms with E-state index < -0.39 is 11.7 Å². The van der Waals surface area contributed by atoms with Crippen LogP contribution in [0.5, 0.6) is 0 Å². The number of oxime groups is 1. The topological polar surface area (TPSA) is 73.1 Å². The number of nitrogens with zero attached hydrogens (tertiary/aromatic N) is 1. The van der Waals surface area contributed by atoms with Crippen LogP contribution in [-0.4, -0.2) is 27.4 Å². The van der Waals surface area contributed by atoms with E-state index in [2.05, 4.69) is 23.4 Å². The lowest BCUT2D eigenvalue weighted by molar-refractivity contribution is -0.169. The van der Waals surface area contributed by atoms with Crippen LogP contribution in [0.4, 0.5) is 0 Å². The molecule has 2 saturated carbocycles. The highest BCUT2D eigenvalue weighted by Crippen LogP contribution is 2.61. The molecule has 0 bridgehead atoms. The number of fused-ring (bicyclic) bond motifs is 5. The lowest BCUT2D eigenvalue weighted by atomic mass is 9.54. The third-order valence-electron chi connectivity index (χ3n) is 6.54. The van der Waals surface area contributed by atoms with Gasteiger partial charge in [-0.2, -0.15) is 0 Å². The molecular formula is C18H23NO3. The fourth-order valence-electron chi connectivity index (χ4n) is 5.59. The number of aliphatic hydroxyl groups is 2. The Bertz CT molecular complexity index is 612. The average Bonchev–Trinajstić information content (AvgIpc) is 2.99. The monoisotopic (exact) mass is 301 g/mol. The van der Waals surface area contributed by atoms with Crippen molar-refractivity contribution in [3.05, 3.63) is 35.4 Å². The van der Waals surface area contributed by atoms with E-state index in [0.717, 1.165) is 37.8 Å². The Morgan fingerprint density at radius 2 is 1.95 bits per heavy atom. The zero-order valence-corrected chi connectivity index (χ0v) is 12.7. The smallest absolute Gasteiger partial charge is 0.157 e. The molecule has 0 aliphatic heterocycles. The molecule has 0 unspecified atom stereocenters. The van der Waals surface area contributed by atoms with E-state index in [1.807, 2.05) is 6.07 Å². The van der Waals surface area contributed by atoms with E-state index in [9.17, 15) is 15.4 Å². The number of hydrogen-bond acceptors (Lipinski definition) is 4. The van der Waals surface area contributed by atoms with Crippen molar-refractivity contribution < 1.29 is 15.4 Å². The predicted molar refractivity (Wildman–Crippen MR) is 82.8 cm³/mol. The second-order valence-corrected chi connectivity index (χ2v) is 7.24. The van der Waals surface area contributed by atoms with Gasteiger partial charge in [0.05, 0.1) is 5.71 Å². The molecule has 3 N–H and O–H groups in total. The van der Waals surface area contributed by atoms with Gasteiger partial charge in [-0.15, -0.1) is 0 Å². The largest absolute Gasteiger partial charge is 0.411 e. The number of rotatable bonds is 1. The van der Waals surface area contributed by atoms with E-state index in [1.165, 1.54) is 11.1 Å². The van der Waals surface area contributed by atoms with Crippen molar-refractivity contribution in [1.29, 1.82) is 0 Å². The van der Waals surface area contributed by atoms with Crippen LogP contribution in [0.25, 0.3) is 0 Å². The predicted octanol–water partition coefficient (Wildman–Crippen LogP) is 2.66. The van der Waals surface area contributed by atoms with Gasteiger partial charge in [0.15, 0.2) is 6.29 Å². The minimum atomic E-state index is -1.27. The molecule has 0 heterocycles. The van der Waals surface area contributed by atoms with Crippen LogP contribution in [0.1, 0.15) is 49.1 Å². The molecule has 22 heavy (non-hydrogen) atoms. The van der Waals surface area contributed by atoms with Gasteiger partial charge in [0.2, 0.25) is 0 Å². The average molecular weight is 301 g/mol. The Labute approximate surface area is 130 Å². The van der Waals surface area contributed by atoms with Crippen molar-refractivity contribution in [3.63, 3.8) is 0 Å². The Morgan fingerprint density at radius 1 is 1.14 bits per heavy atom. The van der Waals surface area contributed by atoms with Gasteiger partial charge in [0, 0.05) is 17.8 Å². The highest BCUT2D eigenvalue weighted by Gasteiger charge is 2.57. The van der Waals surface area contributed by atoms with Crippen LogP contribution in [0.15, 0.2) is 29.4 Å². The Balaban J connectivity index is 1.81. The summed E-state index contributed by atoms with van der Waals surface area (Å²) in [6, 6.07) is 8.43. The normalized spacial score (nSPS) is 38.7. The van der Waals surface area contributed by atoms with Crippen LogP contribution >= 0.6 is 0 Å². The summed E-state index contributed by atoms with van der Waals surface area (Å²) in [7, 11) is 0. The summed E-state index contributed by atoms with van der Waals surface area (Å²) in [4.78, 5) is 0. The number of aliphatic hydroxyl groups excluding tert-OH is 1. The first-order valence-electron chi connectivity index (χ1n) is 8.32. The van der Waals surface area contributed by atoms with E-state index >= 15 is 0 Å². The van der Waals surface area contributed by atoms with Crippen LogP contribution < -0.4 is 0 Å². The molecular weight excluding hydrogens is 278 g/mol. The van der Waals surface area contributed by atoms with Gasteiger partial charge in [-0.25, -0.2) is 0 Å². The highest BCUT2D eigenvalue weighted by atomic mass is 16.5. The molecule has 0 spiro atoms. The first kappa shape index (κ1) is 14.2. The molecule has 3 aliphatic rings. The summed E-state index contributed by atoms with van der Waals surface area (Å²) in [5.41, 5.74) is 3.06. The molecule has 3 aliphatic carbocycles. The first-order valence-corrected chi connectivity index (χ1v) is 8.32. The quantitative estimate of drug-likeness (QED) is 0.424. The Hall–Kier alpha value is -1.39. The van der Waals surface area contributed by atoms with Crippen molar-refractivity contribution in [2.75, 3.05) is 0 Å². The third kappa shape index (κ3) is 1.80. The molecule has 0 saturated heterocycles. The van der Waals surface area contributed by atoms with E-state index in [-0.39, 0.29) is 11.8 Å². The van der Waals surface area contributed by atoms with E-state index in [1.54, 1.807) is 0 Å². The summed E-state index contributed by atoms with van der Waals surface area (Å²) in [5.74, 6) is 0.717. The second-order valence-electron chi connectivity index (χ2n) is 7.24. The minimum absolute atomic E-state index is 0.151. The zero-order valence-electron chi connectivity index (χ0n) is 12.7. The van der Waals surface area contributed by atoms with Gasteiger partial charge < -0.3 is 15.4 Å². The number of hydrogen-bond donors (Lipinski definition) is 3. The maximum Gasteiger partial charge on any atom is 0.157 e. The van der Waals surface area contributed by atoms with Crippen molar-refractivity contribution >= 4 is 5.71 Å². The molecule has 2 fully saturated rings. The Kier molecular flexibility index (Phi) is 3.27. The van der Waals surface area contributed by atoms with Crippen LogP contribution in [0, 0.1) is 17.3 Å². The van der Waals surface area contributed by atoms with E-state index in [0.29, 0.717) is 12.3 Å². The van der Waals surface area contributed by atoms with Crippen molar-refractivity contribution in [2.45, 2.75) is 50.7 Å². The molecule has 4 nitrogen and oxygen atoms in total. The van der Waals surface area contributed by atoms with Crippen molar-refractivity contribution in [2.24, 2.45) is 22.4 Å². The van der Waals surface area contributed by atoms with Gasteiger partial charge in [0.1, 0.15) is 0 Å². The van der Waals surface area contributed by atoms with Crippen molar-refractivity contribution in [1.82, 2.24) is 0 Å². The van der Waals surface area contributed by atoms with Gasteiger partial charge in [0.25, 0.3) is 0 Å². The fourth-order valence-corrected chi connectivity index (χ4v) is 5.59. The number of benzene rings is 1. The summed E-state index contributed by atoms with van der Waals surface area (Å²) >= 11 is 0. The SMILES string of the molecule is ON=C1Cc2ccccc2[C@H]2CC[C@]3(C(O)O)CCC[C@H]3[C@H]12. The maximum atomic E-state index is 10.0. The second kappa shape index (κ2) is 5.07. The standard InChI is InChI=1S/C18H23NO3/c20-17(21)18-8-3-6-14(18)16-13(7-9-18)12-5-2-1-4-11(12)10-15(16)19-22/h1-2,4-5,13-14,16-17,20-22H,3,6-10H2/t13-,14+,16-,18-/m1/s1. The molecule has 0 aromatic heterocycles. The molecule has 0 amide bonds. The van der Waals surface area contributed by atoms with Gasteiger partial charge >= 0.3 is 0 Å². The third-order valence-corrected chi connectivity index (χ3v) is 6.54. The van der Waals surface area contributed by atoms with Gasteiger partial charge in [-0.1, -0.05) is 35.8 Å². The summed E-state index contributed by atoms with van der Waals surface area (Å²) < 4.78 is 0. The molecule has 0 radical (unpaired) electrons. The summed E-state index contributed by atoms with van der Waals surface area (Å²) in [5, 5.41) is 33.3. The molecule has 4 heteroatoms. The fraction of sp³-hybridized carbons (Fsp3) is 0.611. The van der Waals surface area contributed by atoms with Crippen LogP contribution in [0.3, 0.4) is 0 Å². The zero-order chi connectivity index (χ0) is 15.3. The lowest BCUT2D eigenvalue weighted by Crippen LogP contribution is -2.50. The molecule has 118 valence electrons. The van der Waals surface area contributed by atoms with Gasteiger partial charge in [-0.3, -0.25) is 0 Å². The lowest BCUT2D eigenvalue weighted by Gasteiger charge is -2.51. The first-order chi connectivity index (χ1) is 10.7. The van der Waals surface area contributed by atoms with Crippen molar-refractivity contribution in [3.8, 4) is 0 Å². The molecule has 1 aromatic carbocycles. The molecule has 1 aromatic rings. The minimum Gasteiger partial charge on any atom is -0.411 e. The van der Waals surface area contributed by atoms with E-state index in [4.69, 9.17) is 0 Å². The van der Waals surface area contributed by atoms with Crippen LogP contribution in [-0.2, 0) is 6.42 Å². The molecule has 4 atom stereocenters. The maximum absolute atomic E-state index is 10.0.